The Morgan fingerprint density at radius 1 is 1.24 bits per heavy atom. The highest BCUT2D eigenvalue weighted by atomic mass is 32.2. The summed E-state index contributed by atoms with van der Waals surface area (Å²) < 4.78 is 28.8. The van der Waals surface area contributed by atoms with E-state index in [-0.39, 0.29) is 17.3 Å². The Balaban J connectivity index is 2.14. The fourth-order valence-corrected chi connectivity index (χ4v) is 4.25. The predicted molar refractivity (Wildman–Crippen MR) is 127 cm³/mol. The Kier molecular flexibility index (Phi) is 9.18. The zero-order valence-electron chi connectivity index (χ0n) is 18.7. The highest BCUT2D eigenvalue weighted by Gasteiger charge is 2.19. The third-order valence-electron chi connectivity index (χ3n) is 4.65. The molecule has 1 amide bonds. The van der Waals surface area contributed by atoms with Crippen molar-refractivity contribution in [2.24, 2.45) is 12.8 Å². The number of amides is 1. The SMILES string of the molecule is C=C(N)NCCCC(C=O)NC(=O)Cn1c(=O)c(NS(=O)(=O)Cc2ccccc2)cn(C)c1=O. The Morgan fingerprint density at radius 3 is 2.53 bits per heavy atom. The van der Waals surface area contributed by atoms with Crippen LogP contribution >= 0.6 is 0 Å². The normalized spacial score (nSPS) is 11.9. The molecule has 0 aliphatic heterocycles. The number of aromatic nitrogens is 2. The minimum absolute atomic E-state index is 0.279. The van der Waals surface area contributed by atoms with Crippen molar-refractivity contribution < 1.29 is 18.0 Å². The Morgan fingerprint density at radius 2 is 1.91 bits per heavy atom. The van der Waals surface area contributed by atoms with E-state index in [1.807, 2.05) is 0 Å². The van der Waals surface area contributed by atoms with Crippen LogP contribution in [-0.2, 0) is 39.0 Å². The number of hydrogen-bond donors (Lipinski definition) is 4. The number of carbonyl (C=O) groups excluding carboxylic acids is 2. The van der Waals surface area contributed by atoms with Gasteiger partial charge in [0.15, 0.2) is 0 Å². The molecule has 1 aromatic heterocycles. The van der Waals surface area contributed by atoms with Crippen molar-refractivity contribution >= 4 is 27.9 Å². The number of aryl methyl sites for hydroxylation is 1. The maximum absolute atomic E-state index is 12.8. The number of nitrogens with two attached hydrogens (primary N) is 1. The molecule has 5 N–H and O–H groups in total. The summed E-state index contributed by atoms with van der Waals surface area (Å²) in [6.07, 6.45) is 2.39. The molecule has 184 valence electrons. The predicted octanol–water partition coefficient (Wildman–Crippen LogP) is -1.03. The molecule has 0 bridgehead atoms. The van der Waals surface area contributed by atoms with Gasteiger partial charge >= 0.3 is 5.69 Å². The molecule has 0 fully saturated rings. The number of hydrogen-bond acceptors (Lipinski definition) is 8. The molecule has 12 nitrogen and oxygen atoms in total. The van der Waals surface area contributed by atoms with E-state index in [0.717, 1.165) is 10.8 Å². The van der Waals surface area contributed by atoms with Crippen LogP contribution in [0.15, 0.2) is 58.5 Å². The number of nitrogens with zero attached hydrogens (tertiary/aromatic N) is 2. The molecule has 0 saturated carbocycles. The highest BCUT2D eigenvalue weighted by Crippen LogP contribution is 2.08. The minimum atomic E-state index is -3.97. The summed E-state index contributed by atoms with van der Waals surface area (Å²) in [4.78, 5) is 48.9. The van der Waals surface area contributed by atoms with Crippen molar-refractivity contribution in [2.75, 3.05) is 11.3 Å². The first-order valence-electron chi connectivity index (χ1n) is 10.3. The molecular weight excluding hydrogens is 464 g/mol. The van der Waals surface area contributed by atoms with Gasteiger partial charge in [0.05, 0.1) is 17.6 Å². The summed E-state index contributed by atoms with van der Waals surface area (Å²) in [7, 11) is -2.66. The van der Waals surface area contributed by atoms with Gasteiger partial charge in [-0.15, -0.1) is 0 Å². The molecule has 0 spiro atoms. The van der Waals surface area contributed by atoms with Gasteiger partial charge in [-0.25, -0.2) is 17.8 Å². The van der Waals surface area contributed by atoms with Crippen LogP contribution in [0.5, 0.6) is 0 Å². The van der Waals surface area contributed by atoms with E-state index in [9.17, 15) is 27.6 Å². The molecule has 0 aliphatic carbocycles. The molecule has 0 aliphatic rings. The zero-order chi connectivity index (χ0) is 25.3. The molecule has 1 heterocycles. The van der Waals surface area contributed by atoms with Crippen LogP contribution in [0.4, 0.5) is 5.69 Å². The summed E-state index contributed by atoms with van der Waals surface area (Å²) in [6, 6.07) is 7.50. The van der Waals surface area contributed by atoms with Crippen molar-refractivity contribution in [1.29, 1.82) is 0 Å². The first-order chi connectivity index (χ1) is 16.0. The lowest BCUT2D eigenvalue weighted by Gasteiger charge is -2.15. The summed E-state index contributed by atoms with van der Waals surface area (Å²) >= 11 is 0. The Hall–Kier alpha value is -3.87. The summed E-state index contributed by atoms with van der Waals surface area (Å²) in [5.41, 5.74) is 3.70. The van der Waals surface area contributed by atoms with Gasteiger partial charge in [-0.1, -0.05) is 36.9 Å². The lowest BCUT2D eigenvalue weighted by Crippen LogP contribution is -2.46. The van der Waals surface area contributed by atoms with Crippen molar-refractivity contribution in [1.82, 2.24) is 19.8 Å². The number of rotatable bonds is 13. The minimum Gasteiger partial charge on any atom is -0.386 e. The average Bonchev–Trinajstić information content (AvgIpc) is 2.77. The zero-order valence-corrected chi connectivity index (χ0v) is 19.5. The fraction of sp³-hybridized carbons (Fsp3) is 0.333. The largest absolute Gasteiger partial charge is 0.386 e. The van der Waals surface area contributed by atoms with Crippen LogP contribution in [0, 0.1) is 0 Å². The molecule has 34 heavy (non-hydrogen) atoms. The lowest BCUT2D eigenvalue weighted by atomic mass is 10.1. The molecule has 1 unspecified atom stereocenters. The van der Waals surface area contributed by atoms with Crippen LogP contribution in [0.25, 0.3) is 0 Å². The van der Waals surface area contributed by atoms with E-state index in [4.69, 9.17) is 5.73 Å². The van der Waals surface area contributed by atoms with E-state index in [0.29, 0.717) is 35.8 Å². The van der Waals surface area contributed by atoms with Crippen molar-refractivity contribution in [2.45, 2.75) is 31.2 Å². The van der Waals surface area contributed by atoms with Crippen LogP contribution in [0.1, 0.15) is 18.4 Å². The highest BCUT2D eigenvalue weighted by molar-refractivity contribution is 7.91. The van der Waals surface area contributed by atoms with Crippen molar-refractivity contribution in [3.05, 3.63) is 75.3 Å². The van der Waals surface area contributed by atoms with Gasteiger partial charge in [-0.05, 0) is 18.4 Å². The second-order valence-electron chi connectivity index (χ2n) is 7.58. The number of benzene rings is 1. The first-order valence-corrected chi connectivity index (χ1v) is 12.0. The molecule has 0 radical (unpaired) electrons. The van der Waals surface area contributed by atoms with Gasteiger partial charge in [0, 0.05) is 19.8 Å². The number of aldehydes is 1. The van der Waals surface area contributed by atoms with Crippen LogP contribution in [-0.4, -0.2) is 42.3 Å². The lowest BCUT2D eigenvalue weighted by molar-refractivity contribution is -0.124. The van der Waals surface area contributed by atoms with Gasteiger partial charge in [0.2, 0.25) is 15.9 Å². The third-order valence-corrected chi connectivity index (χ3v) is 5.90. The number of sulfonamides is 1. The van der Waals surface area contributed by atoms with Gasteiger partial charge in [-0.3, -0.25) is 14.3 Å². The fourth-order valence-electron chi connectivity index (χ4n) is 3.07. The smallest absolute Gasteiger partial charge is 0.331 e. The second kappa shape index (κ2) is 11.8. The molecule has 2 rings (SSSR count). The number of carbonyl (C=O) groups is 2. The van der Waals surface area contributed by atoms with E-state index >= 15 is 0 Å². The Labute approximate surface area is 196 Å². The maximum Gasteiger partial charge on any atom is 0.331 e. The molecule has 2 aromatic rings. The summed E-state index contributed by atoms with van der Waals surface area (Å²) in [5.74, 6) is -0.859. The van der Waals surface area contributed by atoms with E-state index < -0.39 is 39.8 Å². The summed E-state index contributed by atoms with van der Waals surface area (Å²) in [6.45, 7) is 3.23. The van der Waals surface area contributed by atoms with Crippen LogP contribution < -0.4 is 32.3 Å². The third kappa shape index (κ3) is 7.92. The summed E-state index contributed by atoms with van der Waals surface area (Å²) in [5, 5.41) is 5.23. The topological polar surface area (TPSA) is 174 Å². The Bertz CT molecular complexity index is 1250. The quantitative estimate of drug-likeness (QED) is 0.203. The monoisotopic (exact) mass is 492 g/mol. The van der Waals surface area contributed by atoms with Gasteiger partial charge in [0.1, 0.15) is 18.5 Å². The molecular formula is C21H28N6O6S. The van der Waals surface area contributed by atoms with E-state index in [1.54, 1.807) is 30.3 Å². The molecule has 13 heteroatoms. The number of anilines is 1. The average molecular weight is 493 g/mol. The van der Waals surface area contributed by atoms with E-state index in [2.05, 4.69) is 21.9 Å². The second-order valence-corrected chi connectivity index (χ2v) is 9.30. The standard InChI is InChI=1S/C21H28N6O6S/c1-15(22)23-10-6-9-17(13-28)24-19(29)12-27-20(30)18(11-26(2)21(27)31)25-34(32,33)14-16-7-4-3-5-8-16/h3-5,7-8,11,13,17,23,25H,1,6,9-10,12,14,22H2,2H3,(H,24,29). The molecule has 0 saturated heterocycles. The van der Waals surface area contributed by atoms with Gasteiger partial charge in [0.25, 0.3) is 5.56 Å². The molecule has 1 atom stereocenters. The maximum atomic E-state index is 12.8. The number of nitrogens with one attached hydrogen (secondary N) is 3. The van der Waals surface area contributed by atoms with Gasteiger partial charge < -0.3 is 25.7 Å². The molecule has 1 aromatic carbocycles. The van der Waals surface area contributed by atoms with Crippen molar-refractivity contribution in [3.8, 4) is 0 Å². The first kappa shape index (κ1) is 26.4. The van der Waals surface area contributed by atoms with E-state index in [1.165, 1.54) is 7.05 Å². The van der Waals surface area contributed by atoms with Crippen LogP contribution in [0.2, 0.25) is 0 Å². The van der Waals surface area contributed by atoms with Crippen molar-refractivity contribution in [3.63, 3.8) is 0 Å². The van der Waals surface area contributed by atoms with Gasteiger partial charge in [-0.2, -0.15) is 0 Å². The van der Waals surface area contributed by atoms with Crippen LogP contribution in [0.3, 0.4) is 0 Å².